The molecule has 2 fully saturated rings. The van der Waals surface area contributed by atoms with Gasteiger partial charge in [0.1, 0.15) is 0 Å². The van der Waals surface area contributed by atoms with Crippen LogP contribution in [0, 0.1) is 12.8 Å². The molecule has 1 aliphatic carbocycles. The van der Waals surface area contributed by atoms with E-state index in [9.17, 15) is 13.2 Å². The molecule has 3 atom stereocenters. The van der Waals surface area contributed by atoms with Crippen LogP contribution in [0.15, 0.2) is 23.1 Å². The van der Waals surface area contributed by atoms with Crippen LogP contribution in [0.25, 0.3) is 0 Å². The zero-order valence-electron chi connectivity index (χ0n) is 14.5. The fourth-order valence-corrected chi connectivity index (χ4v) is 4.88. The summed E-state index contributed by atoms with van der Waals surface area (Å²) in [7, 11) is -2.16. The Bertz CT molecular complexity index is 725. The molecule has 1 aromatic carbocycles. The average Bonchev–Trinajstić information content (AvgIpc) is 3.00. The highest BCUT2D eigenvalue weighted by molar-refractivity contribution is 7.89. The van der Waals surface area contributed by atoms with Crippen LogP contribution in [0.4, 0.5) is 5.69 Å². The fraction of sp³-hybridized carbons (Fsp3) is 0.588. The highest BCUT2D eigenvalue weighted by atomic mass is 35.5. The minimum atomic E-state index is -3.54. The van der Waals surface area contributed by atoms with E-state index in [-0.39, 0.29) is 29.3 Å². The van der Waals surface area contributed by atoms with Crippen molar-refractivity contribution in [3.63, 3.8) is 0 Å². The molecule has 0 bridgehead atoms. The molecule has 1 aromatic rings. The molecule has 1 saturated heterocycles. The molecular formula is C17H26ClN3O3S. The summed E-state index contributed by atoms with van der Waals surface area (Å²) in [6, 6.07) is 5.19. The van der Waals surface area contributed by atoms with Gasteiger partial charge in [0.2, 0.25) is 15.9 Å². The molecule has 6 nitrogen and oxygen atoms in total. The molecule has 3 rings (SSSR count). The first-order chi connectivity index (χ1) is 11.4. The molecule has 3 unspecified atom stereocenters. The van der Waals surface area contributed by atoms with Gasteiger partial charge in [-0.25, -0.2) is 13.1 Å². The Kier molecular flexibility index (Phi) is 6.48. The lowest BCUT2D eigenvalue weighted by Crippen LogP contribution is -2.40. The Hall–Kier alpha value is -1.15. The molecular weight excluding hydrogens is 362 g/mol. The van der Waals surface area contributed by atoms with Crippen LogP contribution in [-0.4, -0.2) is 33.5 Å². The summed E-state index contributed by atoms with van der Waals surface area (Å²) in [4.78, 5) is 12.8. The van der Waals surface area contributed by atoms with Crippen molar-refractivity contribution < 1.29 is 13.2 Å². The van der Waals surface area contributed by atoms with Gasteiger partial charge in [-0.1, -0.05) is 18.9 Å². The summed E-state index contributed by atoms with van der Waals surface area (Å²) < 4.78 is 26.4. The quantitative estimate of drug-likeness (QED) is 0.739. The number of benzene rings is 1. The van der Waals surface area contributed by atoms with Gasteiger partial charge in [0.05, 0.1) is 10.9 Å². The Morgan fingerprint density at radius 2 is 1.96 bits per heavy atom. The van der Waals surface area contributed by atoms with Gasteiger partial charge in [0.15, 0.2) is 0 Å². The van der Waals surface area contributed by atoms with Crippen molar-refractivity contribution in [2.75, 3.05) is 12.4 Å². The molecule has 1 heterocycles. The first kappa shape index (κ1) is 20.2. The number of nitrogens with one attached hydrogen (secondary N) is 3. The van der Waals surface area contributed by atoms with E-state index in [1.165, 1.54) is 26.3 Å². The smallest absolute Gasteiger partial charge is 0.241 e. The van der Waals surface area contributed by atoms with Gasteiger partial charge in [0, 0.05) is 11.7 Å². The molecule has 8 heteroatoms. The molecule has 1 amide bonds. The molecule has 1 aliphatic heterocycles. The van der Waals surface area contributed by atoms with Crippen molar-refractivity contribution in [1.29, 1.82) is 0 Å². The number of amides is 1. The lowest BCUT2D eigenvalue weighted by Gasteiger charge is -2.24. The minimum Gasteiger partial charge on any atom is -0.324 e. The fourth-order valence-electron chi connectivity index (χ4n) is 3.89. The number of carbonyl (C=O) groups is 1. The monoisotopic (exact) mass is 387 g/mol. The van der Waals surface area contributed by atoms with Gasteiger partial charge in [0.25, 0.3) is 0 Å². The maximum atomic E-state index is 12.6. The standard InChI is InChI=1S/C17H25N3O3S.ClH/c1-11-13(8-5-9-16(11)24(22,23)18-2)20-17(21)15-10-12-6-3-4-7-14(12)19-15;/h5,8-9,12,14-15,18-19H,3-4,6-7,10H2,1-2H3,(H,20,21);1H. The van der Waals surface area contributed by atoms with Gasteiger partial charge in [-0.05, 0) is 56.8 Å². The Labute approximate surface area is 155 Å². The van der Waals surface area contributed by atoms with Crippen LogP contribution in [0.1, 0.15) is 37.7 Å². The Morgan fingerprint density at radius 1 is 1.24 bits per heavy atom. The third-order valence-electron chi connectivity index (χ3n) is 5.28. The largest absolute Gasteiger partial charge is 0.324 e. The van der Waals surface area contributed by atoms with E-state index in [1.54, 1.807) is 25.1 Å². The van der Waals surface area contributed by atoms with E-state index in [1.807, 2.05) is 0 Å². The maximum absolute atomic E-state index is 12.6. The number of sulfonamides is 1. The highest BCUT2D eigenvalue weighted by Crippen LogP contribution is 2.33. The molecule has 3 N–H and O–H groups in total. The van der Waals surface area contributed by atoms with E-state index in [4.69, 9.17) is 0 Å². The molecule has 0 spiro atoms. The molecule has 0 radical (unpaired) electrons. The normalized spacial score (nSPS) is 25.8. The van der Waals surface area contributed by atoms with Crippen molar-refractivity contribution in [2.45, 2.75) is 56.0 Å². The van der Waals surface area contributed by atoms with Crippen LogP contribution in [-0.2, 0) is 14.8 Å². The number of fused-ring (bicyclic) bond motifs is 1. The predicted molar refractivity (Wildman–Crippen MR) is 101 cm³/mol. The van der Waals surface area contributed by atoms with Gasteiger partial charge in [-0.3, -0.25) is 4.79 Å². The number of hydrogen-bond acceptors (Lipinski definition) is 4. The Morgan fingerprint density at radius 3 is 2.64 bits per heavy atom. The maximum Gasteiger partial charge on any atom is 0.241 e. The number of halogens is 1. The lowest BCUT2D eigenvalue weighted by molar-refractivity contribution is -0.117. The van der Waals surface area contributed by atoms with E-state index >= 15 is 0 Å². The second-order valence-corrected chi connectivity index (χ2v) is 8.59. The third kappa shape index (κ3) is 4.16. The SMILES string of the molecule is CNS(=O)(=O)c1cccc(NC(=O)C2CC3CCCCC3N2)c1C.Cl. The Balaban J connectivity index is 0.00000225. The van der Waals surface area contributed by atoms with Crippen LogP contribution in [0.3, 0.4) is 0 Å². The third-order valence-corrected chi connectivity index (χ3v) is 6.84. The first-order valence-corrected chi connectivity index (χ1v) is 10.0. The van der Waals surface area contributed by atoms with Crippen molar-refractivity contribution >= 4 is 34.0 Å². The summed E-state index contributed by atoms with van der Waals surface area (Å²) in [6.07, 6.45) is 5.68. The van der Waals surface area contributed by atoms with Crippen molar-refractivity contribution in [2.24, 2.45) is 5.92 Å². The van der Waals surface area contributed by atoms with Crippen LogP contribution >= 0.6 is 12.4 Å². The number of rotatable bonds is 4. The number of hydrogen-bond donors (Lipinski definition) is 3. The van der Waals surface area contributed by atoms with Gasteiger partial charge >= 0.3 is 0 Å². The summed E-state index contributed by atoms with van der Waals surface area (Å²) in [5.74, 6) is 0.512. The zero-order chi connectivity index (χ0) is 17.3. The summed E-state index contributed by atoms with van der Waals surface area (Å²) in [6.45, 7) is 1.71. The molecule has 0 aromatic heterocycles. The van der Waals surface area contributed by atoms with Gasteiger partial charge in [-0.15, -0.1) is 12.4 Å². The second-order valence-electron chi connectivity index (χ2n) is 6.73. The molecule has 140 valence electrons. The zero-order valence-corrected chi connectivity index (χ0v) is 16.2. The molecule has 2 aliphatic rings. The van der Waals surface area contributed by atoms with Crippen LogP contribution < -0.4 is 15.4 Å². The van der Waals surface area contributed by atoms with Crippen molar-refractivity contribution in [3.8, 4) is 0 Å². The van der Waals surface area contributed by atoms with Crippen molar-refractivity contribution in [3.05, 3.63) is 23.8 Å². The summed E-state index contributed by atoms with van der Waals surface area (Å²) in [5, 5.41) is 6.35. The summed E-state index contributed by atoms with van der Waals surface area (Å²) >= 11 is 0. The first-order valence-electron chi connectivity index (χ1n) is 8.52. The van der Waals surface area contributed by atoms with E-state index in [0.29, 0.717) is 23.2 Å². The van der Waals surface area contributed by atoms with Crippen molar-refractivity contribution in [1.82, 2.24) is 10.0 Å². The van der Waals surface area contributed by atoms with E-state index < -0.39 is 10.0 Å². The molecule has 25 heavy (non-hydrogen) atoms. The van der Waals surface area contributed by atoms with Gasteiger partial charge in [-0.2, -0.15) is 0 Å². The van der Waals surface area contributed by atoms with Crippen LogP contribution in [0.5, 0.6) is 0 Å². The second kappa shape index (κ2) is 8.03. The van der Waals surface area contributed by atoms with Gasteiger partial charge < -0.3 is 10.6 Å². The van der Waals surface area contributed by atoms with E-state index in [2.05, 4.69) is 15.4 Å². The number of carbonyl (C=O) groups excluding carboxylic acids is 1. The number of anilines is 1. The van der Waals surface area contributed by atoms with Crippen LogP contribution in [0.2, 0.25) is 0 Å². The highest BCUT2D eigenvalue weighted by Gasteiger charge is 2.38. The lowest BCUT2D eigenvalue weighted by atomic mass is 9.85. The minimum absolute atomic E-state index is 0. The predicted octanol–water partition coefficient (Wildman–Crippen LogP) is 2.18. The average molecular weight is 388 g/mol. The molecule has 1 saturated carbocycles. The van der Waals surface area contributed by atoms with E-state index in [0.717, 1.165) is 12.8 Å². The summed E-state index contributed by atoms with van der Waals surface area (Å²) in [5.41, 5.74) is 1.10. The topological polar surface area (TPSA) is 87.3 Å².